The van der Waals surface area contributed by atoms with Crippen LogP contribution in [0.4, 0.5) is 10.1 Å². The van der Waals surface area contributed by atoms with Crippen molar-refractivity contribution in [3.63, 3.8) is 0 Å². The quantitative estimate of drug-likeness (QED) is 0.524. The summed E-state index contributed by atoms with van der Waals surface area (Å²) in [6.07, 6.45) is 3.29. The highest BCUT2D eigenvalue weighted by Gasteiger charge is 2.27. The van der Waals surface area contributed by atoms with Crippen molar-refractivity contribution in [1.29, 1.82) is 0 Å². The number of nitrogens with zero attached hydrogens (tertiary/aromatic N) is 2. The van der Waals surface area contributed by atoms with E-state index in [2.05, 4.69) is 13.8 Å². The second-order valence-electron chi connectivity index (χ2n) is 9.28. The van der Waals surface area contributed by atoms with Gasteiger partial charge in [0.25, 0.3) is 0 Å². The van der Waals surface area contributed by atoms with Gasteiger partial charge in [0.1, 0.15) is 10.7 Å². The van der Waals surface area contributed by atoms with Crippen LogP contribution >= 0.6 is 0 Å². The number of benzene rings is 2. The van der Waals surface area contributed by atoms with E-state index in [1.54, 1.807) is 22.8 Å². The molecule has 1 fully saturated rings. The van der Waals surface area contributed by atoms with Crippen molar-refractivity contribution in [1.82, 2.24) is 4.57 Å². The van der Waals surface area contributed by atoms with Gasteiger partial charge in [0, 0.05) is 25.8 Å². The molecule has 0 bridgehead atoms. The number of piperidine rings is 1. The van der Waals surface area contributed by atoms with Crippen molar-refractivity contribution < 1.29 is 12.8 Å². The van der Waals surface area contributed by atoms with Crippen molar-refractivity contribution in [2.75, 3.05) is 18.0 Å². The molecule has 0 radical (unpaired) electrons. The van der Waals surface area contributed by atoms with Gasteiger partial charge in [0.2, 0.25) is 15.3 Å². The number of anilines is 1. The van der Waals surface area contributed by atoms with Gasteiger partial charge < -0.3 is 9.47 Å². The van der Waals surface area contributed by atoms with E-state index in [0.29, 0.717) is 29.6 Å². The van der Waals surface area contributed by atoms with Crippen LogP contribution in [0.2, 0.25) is 0 Å². The highest BCUT2D eigenvalue weighted by Crippen LogP contribution is 2.31. The molecule has 2 heterocycles. The Hall–Kier alpha value is -2.67. The maximum atomic E-state index is 15.3. The molecule has 2 atom stereocenters. The second kappa shape index (κ2) is 8.93. The summed E-state index contributed by atoms with van der Waals surface area (Å²) in [5, 5.41) is 0.0856. The minimum absolute atomic E-state index is 0.0622. The molecular weight excluding hydrogens is 439 g/mol. The third-order valence-corrected chi connectivity index (χ3v) is 8.36. The summed E-state index contributed by atoms with van der Waals surface area (Å²) >= 11 is 0. The molecule has 176 valence electrons. The Morgan fingerprint density at radius 3 is 2.24 bits per heavy atom. The Balaban J connectivity index is 1.88. The first kappa shape index (κ1) is 23.5. The summed E-state index contributed by atoms with van der Waals surface area (Å²) in [5.74, 6) is 0.401. The summed E-state index contributed by atoms with van der Waals surface area (Å²) < 4.78 is 43.6. The SMILES string of the molecule is CCc1ccc(S(=O)(=O)c2cn(CC)c3cc(N4C[C@H](C)C[C@@H](C)C4)c(F)cc3c2=O)cc1. The van der Waals surface area contributed by atoms with E-state index in [0.717, 1.165) is 31.5 Å². The number of fused-ring (bicyclic) bond motifs is 1. The molecule has 0 spiro atoms. The van der Waals surface area contributed by atoms with Gasteiger partial charge in [-0.1, -0.05) is 32.9 Å². The maximum absolute atomic E-state index is 15.3. The molecule has 3 aromatic rings. The molecule has 4 rings (SSSR count). The largest absolute Gasteiger partial charge is 0.369 e. The smallest absolute Gasteiger partial charge is 0.211 e. The van der Waals surface area contributed by atoms with Gasteiger partial charge in [-0.05, 0) is 61.4 Å². The normalized spacial score (nSPS) is 19.2. The molecule has 0 N–H and O–H groups in total. The third kappa shape index (κ3) is 4.31. The van der Waals surface area contributed by atoms with Crippen LogP contribution in [-0.4, -0.2) is 26.1 Å². The Labute approximate surface area is 194 Å². The first-order valence-electron chi connectivity index (χ1n) is 11.6. The molecular formula is C26H31FN2O3S. The highest BCUT2D eigenvalue weighted by atomic mass is 32.2. The molecule has 1 saturated heterocycles. The lowest BCUT2D eigenvalue weighted by Gasteiger charge is -2.37. The minimum Gasteiger partial charge on any atom is -0.369 e. The van der Waals surface area contributed by atoms with E-state index in [4.69, 9.17) is 0 Å². The number of pyridine rings is 1. The first-order valence-corrected chi connectivity index (χ1v) is 13.1. The molecule has 2 aromatic carbocycles. The van der Waals surface area contributed by atoms with Gasteiger partial charge in [-0.25, -0.2) is 12.8 Å². The van der Waals surface area contributed by atoms with Crippen LogP contribution in [0.3, 0.4) is 0 Å². The van der Waals surface area contributed by atoms with Gasteiger partial charge in [-0.2, -0.15) is 0 Å². The average Bonchev–Trinajstić information content (AvgIpc) is 2.78. The summed E-state index contributed by atoms with van der Waals surface area (Å²) in [4.78, 5) is 15.1. The Morgan fingerprint density at radius 2 is 1.67 bits per heavy atom. The van der Waals surface area contributed by atoms with Gasteiger partial charge in [0.15, 0.2) is 0 Å². The Bertz CT molecular complexity index is 1340. The molecule has 0 amide bonds. The fourth-order valence-corrected chi connectivity index (χ4v) is 6.33. The summed E-state index contributed by atoms with van der Waals surface area (Å²) in [6, 6.07) is 9.46. The van der Waals surface area contributed by atoms with Crippen LogP contribution < -0.4 is 10.3 Å². The molecule has 5 nitrogen and oxygen atoms in total. The van der Waals surface area contributed by atoms with Gasteiger partial charge in [-0.3, -0.25) is 4.79 Å². The monoisotopic (exact) mass is 470 g/mol. The topological polar surface area (TPSA) is 59.4 Å². The van der Waals surface area contributed by atoms with Crippen molar-refractivity contribution in [3.05, 3.63) is 64.2 Å². The predicted molar refractivity (Wildman–Crippen MR) is 130 cm³/mol. The zero-order chi connectivity index (χ0) is 23.9. The van der Waals surface area contributed by atoms with Crippen LogP contribution in [0.15, 0.2) is 57.2 Å². The number of hydrogen-bond donors (Lipinski definition) is 0. The van der Waals surface area contributed by atoms with Gasteiger partial charge in [0.05, 0.1) is 21.5 Å². The predicted octanol–water partition coefficient (Wildman–Crippen LogP) is 5.04. The van der Waals surface area contributed by atoms with Crippen LogP contribution in [0.1, 0.15) is 39.7 Å². The van der Waals surface area contributed by atoms with E-state index < -0.39 is 21.1 Å². The Morgan fingerprint density at radius 1 is 1.03 bits per heavy atom. The molecule has 1 aliphatic rings. The van der Waals surface area contributed by atoms with Crippen LogP contribution in [-0.2, 0) is 22.8 Å². The van der Waals surface area contributed by atoms with Crippen molar-refractivity contribution >= 4 is 26.4 Å². The molecule has 1 aromatic heterocycles. The van der Waals surface area contributed by atoms with E-state index in [1.165, 1.54) is 24.4 Å². The van der Waals surface area contributed by atoms with Gasteiger partial charge in [-0.15, -0.1) is 0 Å². The van der Waals surface area contributed by atoms with E-state index in [-0.39, 0.29) is 15.2 Å². The number of rotatable bonds is 5. The zero-order valence-electron chi connectivity index (χ0n) is 19.6. The van der Waals surface area contributed by atoms with Crippen LogP contribution in [0.25, 0.3) is 10.9 Å². The van der Waals surface area contributed by atoms with Crippen LogP contribution in [0, 0.1) is 17.7 Å². The maximum Gasteiger partial charge on any atom is 0.211 e. The molecule has 0 aliphatic carbocycles. The lowest BCUT2D eigenvalue weighted by molar-refractivity contribution is 0.354. The van der Waals surface area contributed by atoms with Crippen molar-refractivity contribution in [2.45, 2.75) is 56.9 Å². The molecule has 33 heavy (non-hydrogen) atoms. The van der Waals surface area contributed by atoms with E-state index in [9.17, 15) is 13.2 Å². The minimum atomic E-state index is -4.04. The lowest BCUT2D eigenvalue weighted by atomic mass is 9.91. The average molecular weight is 471 g/mol. The molecule has 0 saturated carbocycles. The molecule has 1 aliphatic heterocycles. The fourth-order valence-electron chi connectivity index (χ4n) is 4.96. The molecule has 7 heteroatoms. The van der Waals surface area contributed by atoms with E-state index >= 15 is 4.39 Å². The number of hydrogen-bond acceptors (Lipinski definition) is 4. The second-order valence-corrected chi connectivity index (χ2v) is 11.2. The number of halogens is 1. The zero-order valence-corrected chi connectivity index (χ0v) is 20.5. The van der Waals surface area contributed by atoms with Crippen molar-refractivity contribution in [2.24, 2.45) is 11.8 Å². The number of aromatic nitrogens is 1. The van der Waals surface area contributed by atoms with E-state index in [1.807, 2.05) is 18.7 Å². The standard InChI is InChI=1S/C26H31FN2O3S/c1-5-19-7-9-20(10-8-19)33(31,32)25-16-28(6-2)23-13-24(22(27)12-21(23)26(25)30)29-14-17(3)11-18(4)15-29/h7-10,12-13,16-18H,5-6,11,14-15H2,1-4H3/t17-,18-/m1/s1. The summed E-state index contributed by atoms with van der Waals surface area (Å²) in [6.45, 7) is 10.1. The van der Waals surface area contributed by atoms with Gasteiger partial charge >= 0.3 is 0 Å². The van der Waals surface area contributed by atoms with Crippen LogP contribution in [0.5, 0.6) is 0 Å². The van der Waals surface area contributed by atoms with Crippen molar-refractivity contribution in [3.8, 4) is 0 Å². The summed E-state index contributed by atoms with van der Waals surface area (Å²) in [5.41, 5.74) is 1.35. The first-order chi connectivity index (χ1) is 15.6. The number of sulfone groups is 1. The number of aryl methyl sites for hydroxylation is 2. The highest BCUT2D eigenvalue weighted by molar-refractivity contribution is 7.91. The molecule has 0 unspecified atom stereocenters. The summed E-state index contributed by atoms with van der Waals surface area (Å²) in [7, 11) is -4.04. The lowest BCUT2D eigenvalue weighted by Crippen LogP contribution is -2.39. The fraction of sp³-hybridized carbons (Fsp3) is 0.423. The third-order valence-electron chi connectivity index (χ3n) is 6.60. The Kier molecular flexibility index (Phi) is 6.36.